The van der Waals surface area contributed by atoms with E-state index in [0.717, 1.165) is 17.9 Å². The number of hydrogen-bond acceptors (Lipinski definition) is 3. The van der Waals surface area contributed by atoms with Gasteiger partial charge in [0, 0.05) is 5.56 Å². The first-order chi connectivity index (χ1) is 14.3. The molecule has 29 heavy (non-hydrogen) atoms. The number of anilines is 1. The molecule has 0 aromatic heterocycles. The van der Waals surface area contributed by atoms with Crippen molar-refractivity contribution in [3.63, 3.8) is 0 Å². The van der Waals surface area contributed by atoms with Crippen molar-refractivity contribution in [2.24, 2.45) is 0 Å². The van der Waals surface area contributed by atoms with Crippen LogP contribution in [0, 0.1) is 0 Å². The number of benzene rings is 3. The summed E-state index contributed by atoms with van der Waals surface area (Å²) in [5, 5.41) is 2.93. The molecule has 0 aliphatic rings. The van der Waals surface area contributed by atoms with Crippen molar-refractivity contribution in [3.05, 3.63) is 84.4 Å². The predicted molar refractivity (Wildman–Crippen MR) is 117 cm³/mol. The highest BCUT2D eigenvalue weighted by molar-refractivity contribution is 6.05. The highest BCUT2D eigenvalue weighted by Crippen LogP contribution is 2.29. The number of rotatable bonds is 10. The fraction of sp³-hybridized carbons (Fsp3) is 0.240. The van der Waals surface area contributed by atoms with Crippen molar-refractivity contribution in [1.82, 2.24) is 0 Å². The Morgan fingerprint density at radius 1 is 0.793 bits per heavy atom. The van der Waals surface area contributed by atoms with E-state index < -0.39 is 0 Å². The van der Waals surface area contributed by atoms with Gasteiger partial charge >= 0.3 is 0 Å². The molecule has 3 aromatic carbocycles. The van der Waals surface area contributed by atoms with E-state index in [1.54, 1.807) is 12.1 Å². The summed E-state index contributed by atoms with van der Waals surface area (Å²) < 4.78 is 11.6. The molecule has 4 nitrogen and oxygen atoms in total. The molecule has 0 fully saturated rings. The Hall–Kier alpha value is -3.27. The van der Waals surface area contributed by atoms with Gasteiger partial charge in [0.05, 0.1) is 12.3 Å². The molecule has 0 aliphatic heterocycles. The predicted octanol–water partition coefficient (Wildman–Crippen LogP) is 6.69. The first-order valence-electron chi connectivity index (χ1n) is 10.1. The number of nitrogens with one attached hydrogen (secondary N) is 1. The molecule has 0 bridgehead atoms. The zero-order chi connectivity index (χ0) is 20.3. The second-order valence-electron chi connectivity index (χ2n) is 6.80. The quantitative estimate of drug-likeness (QED) is 0.393. The van der Waals surface area contributed by atoms with E-state index in [1.165, 1.54) is 19.3 Å². The smallest absolute Gasteiger partial charge is 0.255 e. The molecule has 150 valence electrons. The van der Waals surface area contributed by atoms with Crippen LogP contribution in [0.2, 0.25) is 0 Å². The van der Waals surface area contributed by atoms with Gasteiger partial charge in [0.1, 0.15) is 11.5 Å². The van der Waals surface area contributed by atoms with Crippen molar-refractivity contribution in [3.8, 4) is 17.2 Å². The molecule has 1 N–H and O–H groups in total. The number of carbonyl (C=O) groups is 1. The first kappa shape index (κ1) is 20.5. The highest BCUT2D eigenvalue weighted by atomic mass is 16.5. The Kier molecular flexibility index (Phi) is 7.70. The van der Waals surface area contributed by atoms with E-state index in [1.807, 2.05) is 66.7 Å². The Labute approximate surface area is 172 Å². The number of unbranched alkanes of at least 4 members (excludes halogenated alkanes) is 3. The lowest BCUT2D eigenvalue weighted by atomic mass is 10.2. The van der Waals surface area contributed by atoms with Crippen molar-refractivity contribution in [2.75, 3.05) is 11.9 Å². The van der Waals surface area contributed by atoms with E-state index in [4.69, 9.17) is 9.47 Å². The first-order valence-corrected chi connectivity index (χ1v) is 10.1. The van der Waals surface area contributed by atoms with Crippen LogP contribution in [-0.4, -0.2) is 12.5 Å². The highest BCUT2D eigenvalue weighted by Gasteiger charge is 2.10. The lowest BCUT2D eigenvalue weighted by molar-refractivity contribution is 0.102. The molecule has 3 rings (SSSR count). The molecular weight excluding hydrogens is 362 g/mol. The molecule has 0 heterocycles. The van der Waals surface area contributed by atoms with Crippen molar-refractivity contribution < 1.29 is 14.3 Å². The van der Waals surface area contributed by atoms with Crippen LogP contribution >= 0.6 is 0 Å². The zero-order valence-corrected chi connectivity index (χ0v) is 16.8. The summed E-state index contributed by atoms with van der Waals surface area (Å²) in [5.41, 5.74) is 1.19. The van der Waals surface area contributed by atoms with Gasteiger partial charge in [-0.05, 0) is 55.0 Å². The number of ether oxygens (including phenoxy) is 2. The van der Waals surface area contributed by atoms with Gasteiger partial charge in [-0.2, -0.15) is 0 Å². The monoisotopic (exact) mass is 389 g/mol. The van der Waals surface area contributed by atoms with Crippen LogP contribution in [0.25, 0.3) is 0 Å². The van der Waals surface area contributed by atoms with Gasteiger partial charge in [-0.25, -0.2) is 0 Å². The minimum absolute atomic E-state index is 0.191. The van der Waals surface area contributed by atoms with Crippen LogP contribution < -0.4 is 14.8 Å². The third-order valence-electron chi connectivity index (χ3n) is 4.49. The summed E-state index contributed by atoms with van der Waals surface area (Å²) in [4.78, 5) is 12.7. The molecule has 0 spiro atoms. The van der Waals surface area contributed by atoms with Gasteiger partial charge < -0.3 is 14.8 Å². The van der Waals surface area contributed by atoms with Gasteiger partial charge in [-0.15, -0.1) is 0 Å². The summed E-state index contributed by atoms with van der Waals surface area (Å²) in [5.74, 6) is 1.91. The molecule has 3 aromatic rings. The lowest BCUT2D eigenvalue weighted by Crippen LogP contribution is -2.12. The minimum Gasteiger partial charge on any atom is -0.494 e. The average molecular weight is 389 g/mol. The summed E-state index contributed by atoms with van der Waals surface area (Å²) in [6, 6.07) is 24.1. The third-order valence-corrected chi connectivity index (χ3v) is 4.49. The van der Waals surface area contributed by atoms with E-state index in [9.17, 15) is 4.79 Å². The van der Waals surface area contributed by atoms with E-state index in [2.05, 4.69) is 12.2 Å². The molecule has 1 amide bonds. The van der Waals surface area contributed by atoms with Crippen molar-refractivity contribution in [2.45, 2.75) is 32.6 Å². The number of hydrogen-bond donors (Lipinski definition) is 1. The van der Waals surface area contributed by atoms with Crippen LogP contribution in [0.5, 0.6) is 17.2 Å². The zero-order valence-electron chi connectivity index (χ0n) is 16.8. The van der Waals surface area contributed by atoms with Gasteiger partial charge in [0.15, 0.2) is 5.75 Å². The molecular formula is C25H27NO3. The minimum atomic E-state index is -0.191. The van der Waals surface area contributed by atoms with Crippen LogP contribution in [0.15, 0.2) is 78.9 Å². The molecule has 0 saturated carbocycles. The molecule has 0 atom stereocenters. The Morgan fingerprint density at radius 3 is 2.28 bits per heavy atom. The fourth-order valence-corrected chi connectivity index (χ4v) is 2.89. The Balaban J connectivity index is 1.59. The molecule has 0 radical (unpaired) electrons. The normalized spacial score (nSPS) is 10.4. The molecule has 4 heteroatoms. The molecule has 0 unspecified atom stereocenters. The van der Waals surface area contributed by atoms with Gasteiger partial charge in [-0.3, -0.25) is 4.79 Å². The number of carbonyl (C=O) groups excluding carboxylic acids is 1. The van der Waals surface area contributed by atoms with Crippen LogP contribution in [0.4, 0.5) is 5.69 Å². The SMILES string of the molecule is CCCCCCOc1ccc(C(=O)Nc2ccccc2Oc2ccccc2)cc1. The van der Waals surface area contributed by atoms with Crippen LogP contribution in [0.3, 0.4) is 0 Å². The summed E-state index contributed by atoms with van der Waals surface area (Å²) in [7, 11) is 0. The average Bonchev–Trinajstić information content (AvgIpc) is 2.76. The lowest BCUT2D eigenvalue weighted by Gasteiger charge is -2.12. The number of para-hydroxylation sites is 3. The topological polar surface area (TPSA) is 47.6 Å². The van der Waals surface area contributed by atoms with Gasteiger partial charge in [-0.1, -0.05) is 56.5 Å². The van der Waals surface area contributed by atoms with Crippen molar-refractivity contribution >= 4 is 11.6 Å². The standard InChI is InChI=1S/C25H27NO3/c1-2-3-4-10-19-28-21-17-15-20(16-18-21)25(27)26-23-13-8-9-14-24(23)29-22-11-6-5-7-12-22/h5-9,11-18H,2-4,10,19H2,1H3,(H,26,27). The van der Waals surface area contributed by atoms with E-state index in [0.29, 0.717) is 23.6 Å². The van der Waals surface area contributed by atoms with Crippen LogP contribution in [0.1, 0.15) is 43.0 Å². The maximum Gasteiger partial charge on any atom is 0.255 e. The second-order valence-corrected chi connectivity index (χ2v) is 6.80. The molecule has 0 saturated heterocycles. The van der Waals surface area contributed by atoms with Gasteiger partial charge in [0.2, 0.25) is 0 Å². The molecule has 0 aliphatic carbocycles. The third kappa shape index (κ3) is 6.39. The largest absolute Gasteiger partial charge is 0.494 e. The Morgan fingerprint density at radius 2 is 1.52 bits per heavy atom. The summed E-state index contributed by atoms with van der Waals surface area (Å²) in [6.07, 6.45) is 4.68. The summed E-state index contributed by atoms with van der Waals surface area (Å²) >= 11 is 0. The van der Waals surface area contributed by atoms with Crippen LogP contribution in [-0.2, 0) is 0 Å². The Bertz CT molecular complexity index is 891. The van der Waals surface area contributed by atoms with Gasteiger partial charge in [0.25, 0.3) is 5.91 Å². The maximum atomic E-state index is 12.7. The number of amides is 1. The fourth-order valence-electron chi connectivity index (χ4n) is 2.89. The maximum absolute atomic E-state index is 12.7. The van der Waals surface area contributed by atoms with Crippen molar-refractivity contribution in [1.29, 1.82) is 0 Å². The summed E-state index contributed by atoms with van der Waals surface area (Å²) in [6.45, 7) is 2.90. The van der Waals surface area contributed by atoms with E-state index >= 15 is 0 Å². The van der Waals surface area contributed by atoms with E-state index in [-0.39, 0.29) is 5.91 Å². The second kappa shape index (κ2) is 10.9.